The van der Waals surface area contributed by atoms with Gasteiger partial charge >= 0.3 is 12.4 Å². The number of rotatable bonds is 3. The van der Waals surface area contributed by atoms with Gasteiger partial charge in [-0.2, -0.15) is 26.3 Å². The third kappa shape index (κ3) is 5.28. The molecule has 0 heterocycles. The number of hydrogen-bond donors (Lipinski definition) is 1. The minimum atomic E-state index is -4.96. The predicted octanol–water partition coefficient (Wildman–Crippen LogP) is 5.96. The summed E-state index contributed by atoms with van der Waals surface area (Å²) in [5, 5.41) is 2.54. The molecule has 0 aliphatic carbocycles. The summed E-state index contributed by atoms with van der Waals surface area (Å²) in [5.41, 5.74) is -3.25. The third-order valence-corrected chi connectivity index (χ3v) is 3.66. The highest BCUT2D eigenvalue weighted by Crippen LogP contribution is 2.36. The van der Waals surface area contributed by atoms with Gasteiger partial charge in [-0.25, -0.2) is 0 Å². The number of nitrogens with one attached hydrogen (secondary N) is 1. The van der Waals surface area contributed by atoms with E-state index in [9.17, 15) is 31.1 Å². The van der Waals surface area contributed by atoms with Crippen LogP contribution in [-0.2, 0) is 18.9 Å². The fraction of sp³-hybridized carbons (Fsp3) is 0.188. The van der Waals surface area contributed by atoms with E-state index in [4.69, 9.17) is 23.2 Å². The van der Waals surface area contributed by atoms with Crippen molar-refractivity contribution in [1.82, 2.24) is 5.32 Å². The summed E-state index contributed by atoms with van der Waals surface area (Å²) in [6.45, 7) is -0.546. The number of amides is 1. The summed E-state index contributed by atoms with van der Waals surface area (Å²) in [6, 6.07) is 4.98. The molecule has 0 unspecified atom stereocenters. The van der Waals surface area contributed by atoms with Gasteiger partial charge in [0.25, 0.3) is 5.91 Å². The van der Waals surface area contributed by atoms with Crippen molar-refractivity contribution in [3.8, 4) is 0 Å². The zero-order valence-corrected chi connectivity index (χ0v) is 14.1. The maximum atomic E-state index is 12.8. The molecule has 10 heteroatoms. The van der Waals surface area contributed by atoms with Crippen molar-refractivity contribution in [2.45, 2.75) is 18.9 Å². The molecule has 0 fully saturated rings. The largest absolute Gasteiger partial charge is 0.416 e. The second-order valence-electron chi connectivity index (χ2n) is 5.25. The summed E-state index contributed by atoms with van der Waals surface area (Å²) in [5.74, 6) is -0.750. The first-order chi connectivity index (χ1) is 11.9. The molecule has 2 nitrogen and oxygen atoms in total. The molecule has 0 saturated carbocycles. The topological polar surface area (TPSA) is 29.1 Å². The van der Waals surface area contributed by atoms with Crippen LogP contribution >= 0.6 is 23.2 Å². The Labute approximate surface area is 153 Å². The molecule has 0 aromatic heterocycles. The van der Waals surface area contributed by atoms with Crippen LogP contribution in [0, 0.1) is 0 Å². The Hall–Kier alpha value is -1.93. The van der Waals surface area contributed by atoms with Gasteiger partial charge in [0.1, 0.15) is 0 Å². The fourth-order valence-electron chi connectivity index (χ4n) is 2.09. The lowest BCUT2D eigenvalue weighted by Gasteiger charge is -2.14. The number of carbonyl (C=O) groups excluding carboxylic acids is 1. The van der Waals surface area contributed by atoms with Crippen molar-refractivity contribution in [3.63, 3.8) is 0 Å². The lowest BCUT2D eigenvalue weighted by Crippen LogP contribution is -2.23. The van der Waals surface area contributed by atoms with E-state index in [0.29, 0.717) is 12.1 Å². The van der Waals surface area contributed by atoms with Crippen LogP contribution in [0.4, 0.5) is 26.3 Å². The molecule has 0 saturated heterocycles. The van der Waals surface area contributed by atoms with E-state index in [0.717, 1.165) is 0 Å². The second-order valence-corrected chi connectivity index (χ2v) is 6.13. The number of alkyl halides is 6. The van der Waals surface area contributed by atoms with Crippen molar-refractivity contribution in [1.29, 1.82) is 0 Å². The molecule has 1 amide bonds. The van der Waals surface area contributed by atoms with Crippen molar-refractivity contribution < 1.29 is 31.1 Å². The molecule has 0 bridgehead atoms. The third-order valence-electron chi connectivity index (χ3n) is 3.23. The Morgan fingerprint density at radius 3 is 1.69 bits per heavy atom. The number of halogens is 8. The molecule has 0 atom stereocenters. The number of benzene rings is 2. The Kier molecular flexibility index (Phi) is 5.77. The molecule has 0 aliphatic rings. The first-order valence-electron chi connectivity index (χ1n) is 6.89. The van der Waals surface area contributed by atoms with Gasteiger partial charge < -0.3 is 5.32 Å². The first-order valence-corrected chi connectivity index (χ1v) is 7.64. The Morgan fingerprint density at radius 1 is 0.808 bits per heavy atom. The maximum Gasteiger partial charge on any atom is 0.416 e. The van der Waals surface area contributed by atoms with E-state index in [1.165, 1.54) is 18.2 Å². The quantitative estimate of drug-likeness (QED) is 0.615. The van der Waals surface area contributed by atoms with Crippen molar-refractivity contribution in [3.05, 3.63) is 68.7 Å². The first kappa shape index (κ1) is 20.4. The van der Waals surface area contributed by atoms with Crippen LogP contribution in [-0.4, -0.2) is 5.91 Å². The molecule has 0 aliphatic heterocycles. The molecular weight excluding hydrogens is 407 g/mol. The predicted molar refractivity (Wildman–Crippen MR) is 84.1 cm³/mol. The van der Waals surface area contributed by atoms with Gasteiger partial charge in [-0.3, -0.25) is 4.79 Å². The van der Waals surface area contributed by atoms with Crippen LogP contribution in [0.1, 0.15) is 27.0 Å². The molecular formula is C16H9Cl2F6NO. The van der Waals surface area contributed by atoms with Crippen LogP contribution in [0.2, 0.25) is 10.0 Å². The van der Waals surface area contributed by atoms with Crippen molar-refractivity contribution in [2.75, 3.05) is 0 Å². The highest BCUT2D eigenvalue weighted by molar-refractivity contribution is 6.35. The van der Waals surface area contributed by atoms with E-state index in [-0.39, 0.29) is 27.2 Å². The van der Waals surface area contributed by atoms with Crippen LogP contribution < -0.4 is 5.32 Å². The van der Waals surface area contributed by atoms with E-state index in [2.05, 4.69) is 5.32 Å². The summed E-state index contributed by atoms with van der Waals surface area (Å²) in [7, 11) is 0. The van der Waals surface area contributed by atoms with Gasteiger partial charge in [-0.1, -0.05) is 23.2 Å². The maximum absolute atomic E-state index is 12.8. The monoisotopic (exact) mass is 415 g/mol. The average Bonchev–Trinajstić information content (AvgIpc) is 2.49. The van der Waals surface area contributed by atoms with Gasteiger partial charge in [-0.15, -0.1) is 0 Å². The lowest BCUT2D eigenvalue weighted by molar-refractivity contribution is -0.143. The highest BCUT2D eigenvalue weighted by atomic mass is 35.5. The number of hydrogen-bond acceptors (Lipinski definition) is 1. The average molecular weight is 416 g/mol. The molecule has 0 spiro atoms. The van der Waals surface area contributed by atoms with Crippen molar-refractivity contribution in [2.24, 2.45) is 0 Å². The molecule has 140 valence electrons. The van der Waals surface area contributed by atoms with E-state index < -0.39 is 35.9 Å². The van der Waals surface area contributed by atoms with Gasteiger partial charge in [0, 0.05) is 22.2 Å². The minimum absolute atomic E-state index is 0.0159. The molecule has 0 radical (unpaired) electrons. The molecule has 2 aromatic carbocycles. The van der Waals surface area contributed by atoms with Gasteiger partial charge in [0.05, 0.1) is 11.1 Å². The lowest BCUT2D eigenvalue weighted by atomic mass is 10.0. The number of carbonyl (C=O) groups is 1. The van der Waals surface area contributed by atoms with E-state index in [1.807, 2.05) is 0 Å². The van der Waals surface area contributed by atoms with Gasteiger partial charge in [0.15, 0.2) is 0 Å². The van der Waals surface area contributed by atoms with Crippen LogP contribution in [0.5, 0.6) is 0 Å². The van der Waals surface area contributed by atoms with Gasteiger partial charge in [-0.05, 0) is 42.0 Å². The van der Waals surface area contributed by atoms with E-state index >= 15 is 0 Å². The second kappa shape index (κ2) is 7.36. The summed E-state index contributed by atoms with van der Waals surface area (Å²) < 4.78 is 76.8. The molecule has 2 rings (SSSR count). The summed E-state index contributed by atoms with van der Waals surface area (Å²) in [6.07, 6.45) is -9.92. The zero-order chi connectivity index (χ0) is 19.7. The normalized spacial score (nSPS) is 12.2. The Bertz CT molecular complexity index is 780. The molecule has 1 N–H and O–H groups in total. The zero-order valence-electron chi connectivity index (χ0n) is 12.6. The van der Waals surface area contributed by atoms with Crippen LogP contribution in [0.25, 0.3) is 0 Å². The standard InChI is InChI=1S/C16H9Cl2F6NO/c17-12-3-9(4-13(18)6-12)14(26)25-7-8-1-10(15(19,20)21)5-11(2-8)16(22,23)24/h1-6H,7H2,(H,25,26). The van der Waals surface area contributed by atoms with Crippen LogP contribution in [0.15, 0.2) is 36.4 Å². The molecule has 26 heavy (non-hydrogen) atoms. The fourth-order valence-corrected chi connectivity index (χ4v) is 2.62. The Balaban J connectivity index is 2.27. The minimum Gasteiger partial charge on any atom is -0.348 e. The molecule has 2 aromatic rings. The van der Waals surface area contributed by atoms with Crippen molar-refractivity contribution >= 4 is 29.1 Å². The smallest absolute Gasteiger partial charge is 0.348 e. The summed E-state index contributed by atoms with van der Waals surface area (Å²) in [4.78, 5) is 12.0. The highest BCUT2D eigenvalue weighted by Gasteiger charge is 2.36. The van der Waals surface area contributed by atoms with Crippen LogP contribution in [0.3, 0.4) is 0 Å². The Morgan fingerprint density at radius 2 is 1.27 bits per heavy atom. The summed E-state index contributed by atoms with van der Waals surface area (Å²) >= 11 is 11.5. The van der Waals surface area contributed by atoms with E-state index in [1.54, 1.807) is 0 Å². The SMILES string of the molecule is O=C(NCc1cc(C(F)(F)F)cc(C(F)(F)F)c1)c1cc(Cl)cc(Cl)c1. The van der Waals surface area contributed by atoms with Gasteiger partial charge in [0.2, 0.25) is 0 Å².